The van der Waals surface area contributed by atoms with Crippen molar-refractivity contribution in [2.24, 2.45) is 18.9 Å². The van der Waals surface area contributed by atoms with Crippen LogP contribution in [0.1, 0.15) is 71.2 Å². The molecule has 1 unspecified atom stereocenters. The van der Waals surface area contributed by atoms with E-state index in [1.54, 1.807) is 6.92 Å². The summed E-state index contributed by atoms with van der Waals surface area (Å²) in [5.74, 6) is 1.28. The van der Waals surface area contributed by atoms with Crippen LogP contribution in [0.4, 0.5) is 5.69 Å². The third kappa shape index (κ3) is 7.98. The molecule has 0 bridgehead atoms. The Balaban J connectivity index is 2.05. The summed E-state index contributed by atoms with van der Waals surface area (Å²) in [7, 11) is 1.91. The molecule has 1 aliphatic heterocycles. The van der Waals surface area contributed by atoms with Crippen LogP contribution in [0.15, 0.2) is 33.7 Å². The first-order valence-electron chi connectivity index (χ1n) is 11.7. The number of nitrogens with one attached hydrogen (secondary N) is 2. The fourth-order valence-electron chi connectivity index (χ4n) is 4.26. The molecule has 2 rings (SSSR count). The molecule has 0 aromatic carbocycles. The van der Waals surface area contributed by atoms with Crippen LogP contribution in [-0.2, 0) is 24.8 Å². The monoisotopic (exact) mass is 480 g/mol. The minimum atomic E-state index is -1.49. The fourth-order valence-corrected chi connectivity index (χ4v) is 5.78. The molecule has 1 aromatic heterocycles. The van der Waals surface area contributed by atoms with Gasteiger partial charge in [-0.25, -0.2) is 0 Å². The first kappa shape index (κ1) is 27.0. The van der Waals surface area contributed by atoms with E-state index in [9.17, 15) is 4.55 Å². The van der Waals surface area contributed by atoms with Gasteiger partial charge in [0.05, 0.1) is 16.4 Å². The first-order valence-corrected chi connectivity index (χ1v) is 13.3. The Kier molecular flexibility index (Phi) is 10.9. The minimum Gasteiger partial charge on any atom is -0.588 e. The van der Waals surface area contributed by atoms with Gasteiger partial charge in [-0.1, -0.05) is 50.1 Å². The highest BCUT2D eigenvalue weighted by atomic mass is 35.5. The Labute approximate surface area is 203 Å². The molecule has 2 N–H and O–H groups in total. The zero-order valence-electron chi connectivity index (χ0n) is 20.7. The number of aromatic nitrogens is 2. The lowest BCUT2D eigenvalue weighted by Gasteiger charge is -2.22. The highest BCUT2D eigenvalue weighted by Crippen LogP contribution is 2.30. The van der Waals surface area contributed by atoms with Crippen LogP contribution in [0.25, 0.3) is 0 Å². The lowest BCUT2D eigenvalue weighted by atomic mass is 9.91. The summed E-state index contributed by atoms with van der Waals surface area (Å²) in [5.41, 5.74) is 4.68. The van der Waals surface area contributed by atoms with Crippen molar-refractivity contribution < 1.29 is 4.55 Å². The molecular formula is C25H41ClN4OS. The van der Waals surface area contributed by atoms with E-state index >= 15 is 0 Å². The third-order valence-electron chi connectivity index (χ3n) is 6.05. The molecule has 180 valence electrons. The Morgan fingerprint density at radius 3 is 2.62 bits per heavy atom. The van der Waals surface area contributed by atoms with E-state index < -0.39 is 11.4 Å². The van der Waals surface area contributed by atoms with Crippen LogP contribution in [-0.4, -0.2) is 27.4 Å². The Morgan fingerprint density at radius 2 is 2.03 bits per heavy atom. The smallest absolute Gasteiger partial charge is 0.196 e. The molecule has 0 radical (unpaired) electrons. The molecule has 1 atom stereocenters. The van der Waals surface area contributed by atoms with Gasteiger partial charge in [-0.15, -0.1) is 0 Å². The van der Waals surface area contributed by atoms with Crippen molar-refractivity contribution in [2.75, 3.05) is 17.8 Å². The van der Waals surface area contributed by atoms with Gasteiger partial charge in [-0.05, 0) is 77.8 Å². The van der Waals surface area contributed by atoms with Gasteiger partial charge in [0.1, 0.15) is 17.0 Å². The van der Waals surface area contributed by atoms with Gasteiger partial charge in [-0.2, -0.15) is 9.82 Å². The lowest BCUT2D eigenvalue weighted by molar-refractivity contribution is 0.347. The number of hydrogen-bond acceptors (Lipinski definition) is 4. The van der Waals surface area contributed by atoms with Crippen molar-refractivity contribution in [2.45, 2.75) is 73.1 Å². The fraction of sp³-hybridized carbons (Fsp3) is 0.640. The number of allylic oxidation sites excluding steroid dienone is 4. The predicted molar refractivity (Wildman–Crippen MR) is 139 cm³/mol. The van der Waals surface area contributed by atoms with Crippen molar-refractivity contribution in [3.8, 4) is 0 Å². The van der Waals surface area contributed by atoms with E-state index in [0.717, 1.165) is 66.5 Å². The van der Waals surface area contributed by atoms with Crippen LogP contribution in [0, 0.1) is 18.8 Å². The number of aryl methyl sites for hydroxylation is 1. The van der Waals surface area contributed by atoms with Crippen LogP contribution in [0.3, 0.4) is 0 Å². The second-order valence-electron chi connectivity index (χ2n) is 9.43. The van der Waals surface area contributed by atoms with Crippen molar-refractivity contribution in [3.63, 3.8) is 0 Å². The van der Waals surface area contributed by atoms with E-state index in [4.69, 9.17) is 11.6 Å². The lowest BCUT2D eigenvalue weighted by Crippen LogP contribution is -2.27. The molecule has 1 aromatic rings. The van der Waals surface area contributed by atoms with E-state index in [1.165, 1.54) is 19.3 Å². The molecule has 5 nitrogen and oxygen atoms in total. The normalized spacial score (nSPS) is 17.5. The number of anilines is 1. The van der Waals surface area contributed by atoms with E-state index in [-0.39, 0.29) is 0 Å². The van der Waals surface area contributed by atoms with E-state index in [2.05, 4.69) is 35.6 Å². The molecule has 0 spiro atoms. The van der Waals surface area contributed by atoms with Gasteiger partial charge >= 0.3 is 0 Å². The predicted octanol–water partition coefficient (Wildman–Crippen LogP) is 6.15. The summed E-state index contributed by atoms with van der Waals surface area (Å²) in [6.07, 6.45) is 8.75. The van der Waals surface area contributed by atoms with Gasteiger partial charge < -0.3 is 9.87 Å². The van der Waals surface area contributed by atoms with Crippen molar-refractivity contribution >= 4 is 28.7 Å². The average molecular weight is 481 g/mol. The molecule has 0 saturated carbocycles. The SMILES string of the molecule is C=C(/C=C(C)\C(=C(/C)Cl)[S+]([O-])Nc1c(CC(C)C)nn(C)c1C)CCCC1CCNCC1. The number of piperidine rings is 1. The summed E-state index contributed by atoms with van der Waals surface area (Å²) in [6.45, 7) is 16.6. The standard InChI is InChI=1S/C25H41ClN4OS/c1-17(2)15-23-24(21(6)30(7)28-23)29-32(31)25(20(5)26)19(4)16-18(3)9-8-10-22-11-13-27-14-12-22/h16-17,22,27,29H,3,8-15H2,1-2,4-7H3/b19-16-,25-20-. The van der Waals surface area contributed by atoms with Gasteiger partial charge in [0.15, 0.2) is 4.91 Å². The molecule has 7 heteroatoms. The molecule has 2 heterocycles. The highest BCUT2D eigenvalue weighted by Gasteiger charge is 2.25. The average Bonchev–Trinajstić information content (AvgIpc) is 2.95. The minimum absolute atomic E-state index is 0.456. The highest BCUT2D eigenvalue weighted by molar-refractivity contribution is 7.96. The van der Waals surface area contributed by atoms with Crippen LogP contribution in [0.2, 0.25) is 0 Å². The molecule has 1 aliphatic rings. The first-order chi connectivity index (χ1) is 15.1. The molecule has 32 heavy (non-hydrogen) atoms. The zero-order chi connectivity index (χ0) is 23.8. The number of hydrogen-bond donors (Lipinski definition) is 2. The van der Waals surface area contributed by atoms with Gasteiger partial charge in [0, 0.05) is 12.6 Å². The quantitative estimate of drug-likeness (QED) is 0.294. The van der Waals surface area contributed by atoms with Gasteiger partial charge in [-0.3, -0.25) is 4.68 Å². The van der Waals surface area contributed by atoms with Crippen molar-refractivity contribution in [3.05, 3.63) is 45.1 Å². The second-order valence-corrected chi connectivity index (χ2v) is 11.2. The maximum Gasteiger partial charge on any atom is 0.196 e. The number of rotatable bonds is 11. The summed E-state index contributed by atoms with van der Waals surface area (Å²) in [5, 5.41) is 8.56. The molecule has 1 fully saturated rings. The Morgan fingerprint density at radius 1 is 1.38 bits per heavy atom. The van der Waals surface area contributed by atoms with Crippen LogP contribution < -0.4 is 10.0 Å². The van der Waals surface area contributed by atoms with Crippen LogP contribution >= 0.6 is 11.6 Å². The van der Waals surface area contributed by atoms with E-state index in [0.29, 0.717) is 15.9 Å². The number of halogens is 1. The zero-order valence-corrected chi connectivity index (χ0v) is 22.3. The van der Waals surface area contributed by atoms with Gasteiger partial charge in [0.2, 0.25) is 0 Å². The molecule has 0 aliphatic carbocycles. The maximum absolute atomic E-state index is 13.3. The summed E-state index contributed by atoms with van der Waals surface area (Å²) in [6, 6.07) is 0. The van der Waals surface area contributed by atoms with Crippen molar-refractivity contribution in [1.82, 2.24) is 15.1 Å². The molecular weight excluding hydrogens is 440 g/mol. The van der Waals surface area contributed by atoms with Crippen molar-refractivity contribution in [1.29, 1.82) is 0 Å². The summed E-state index contributed by atoms with van der Waals surface area (Å²) in [4.78, 5) is 0.616. The topological polar surface area (TPSA) is 64.9 Å². The van der Waals surface area contributed by atoms with Gasteiger partial charge in [0.25, 0.3) is 0 Å². The third-order valence-corrected chi connectivity index (χ3v) is 7.74. The maximum atomic E-state index is 13.3. The Bertz CT molecular complexity index is 833. The number of nitrogens with zero attached hydrogens (tertiary/aromatic N) is 2. The summed E-state index contributed by atoms with van der Waals surface area (Å²) < 4.78 is 18.4. The largest absolute Gasteiger partial charge is 0.588 e. The molecule has 0 amide bonds. The van der Waals surface area contributed by atoms with E-state index in [1.807, 2.05) is 31.7 Å². The Hall–Kier alpha value is -1.21. The molecule has 1 saturated heterocycles. The van der Waals surface area contributed by atoms with Crippen LogP contribution in [0.5, 0.6) is 0 Å². The second kappa shape index (κ2) is 12.9. The summed E-state index contributed by atoms with van der Waals surface area (Å²) >= 11 is 4.92.